The lowest BCUT2D eigenvalue weighted by Crippen LogP contribution is -2.36. The summed E-state index contributed by atoms with van der Waals surface area (Å²) < 4.78 is 0. The molecule has 118 valence electrons. The largest absolute Gasteiger partial charge is 0.390 e. The molecule has 7 heteroatoms. The van der Waals surface area contributed by atoms with E-state index in [0.717, 1.165) is 11.1 Å². The lowest BCUT2D eigenvalue weighted by atomic mass is 10.1. The number of hydrogen-bond acceptors (Lipinski definition) is 4. The van der Waals surface area contributed by atoms with Gasteiger partial charge >= 0.3 is 6.03 Å². The van der Waals surface area contributed by atoms with E-state index in [9.17, 15) is 20.0 Å². The zero-order valence-electron chi connectivity index (χ0n) is 12.1. The molecule has 0 saturated heterocycles. The van der Waals surface area contributed by atoms with Gasteiger partial charge in [0.2, 0.25) is 0 Å². The van der Waals surface area contributed by atoms with Crippen LogP contribution >= 0.6 is 0 Å². The van der Waals surface area contributed by atoms with Gasteiger partial charge in [0.25, 0.3) is 5.69 Å². The third-order valence-corrected chi connectivity index (χ3v) is 3.81. The molecule has 7 nitrogen and oxygen atoms in total. The molecule has 2 amide bonds. The summed E-state index contributed by atoms with van der Waals surface area (Å²) in [4.78, 5) is 22.3. The minimum absolute atomic E-state index is 0.103. The van der Waals surface area contributed by atoms with E-state index in [4.69, 9.17) is 0 Å². The van der Waals surface area contributed by atoms with Crippen LogP contribution in [0.2, 0.25) is 0 Å². The van der Waals surface area contributed by atoms with Gasteiger partial charge in [-0.1, -0.05) is 30.3 Å². The summed E-state index contributed by atoms with van der Waals surface area (Å²) in [5.41, 5.74) is 2.10. The van der Waals surface area contributed by atoms with E-state index in [1.54, 1.807) is 6.07 Å². The van der Waals surface area contributed by atoms with E-state index in [1.165, 1.54) is 18.2 Å². The number of carbonyl (C=O) groups excluding carboxylic acids is 1. The molecule has 0 aromatic heterocycles. The van der Waals surface area contributed by atoms with Gasteiger partial charge in [-0.3, -0.25) is 10.1 Å². The number of rotatable bonds is 3. The molecule has 2 aromatic rings. The van der Waals surface area contributed by atoms with Gasteiger partial charge in [0.05, 0.1) is 17.1 Å². The molecular formula is C16H15N3O4. The fourth-order valence-corrected chi connectivity index (χ4v) is 2.75. The average molecular weight is 313 g/mol. The number of urea groups is 1. The molecule has 0 saturated carbocycles. The normalized spacial score (nSPS) is 19.0. The van der Waals surface area contributed by atoms with Gasteiger partial charge in [0.1, 0.15) is 0 Å². The van der Waals surface area contributed by atoms with Gasteiger partial charge in [-0.15, -0.1) is 0 Å². The molecule has 0 aliphatic heterocycles. The van der Waals surface area contributed by atoms with Crippen LogP contribution in [-0.2, 0) is 6.42 Å². The summed E-state index contributed by atoms with van der Waals surface area (Å²) in [5.74, 6) is 0. The highest BCUT2D eigenvalue weighted by Gasteiger charge is 2.31. The Labute approximate surface area is 132 Å². The molecule has 3 N–H and O–H groups in total. The zero-order chi connectivity index (χ0) is 16.4. The number of aliphatic hydroxyl groups excluding tert-OH is 1. The van der Waals surface area contributed by atoms with Crippen LogP contribution < -0.4 is 10.6 Å². The van der Waals surface area contributed by atoms with Crippen molar-refractivity contribution in [1.82, 2.24) is 5.32 Å². The number of aliphatic hydroxyl groups is 1. The molecule has 23 heavy (non-hydrogen) atoms. The van der Waals surface area contributed by atoms with Crippen molar-refractivity contribution in [1.29, 1.82) is 0 Å². The number of nitro groups is 1. The van der Waals surface area contributed by atoms with Crippen molar-refractivity contribution in [3.63, 3.8) is 0 Å². The first-order valence-electron chi connectivity index (χ1n) is 7.12. The molecule has 1 aliphatic carbocycles. The third-order valence-electron chi connectivity index (χ3n) is 3.81. The van der Waals surface area contributed by atoms with Crippen LogP contribution in [0.15, 0.2) is 48.5 Å². The summed E-state index contributed by atoms with van der Waals surface area (Å²) in [7, 11) is 0. The Kier molecular flexibility index (Phi) is 3.94. The molecule has 0 fully saturated rings. The SMILES string of the molecule is O=C(Nc1cccc([N+](=O)[O-])c1)NC1c2ccccc2CC1O. The van der Waals surface area contributed by atoms with Crippen molar-refractivity contribution >= 4 is 17.4 Å². The Hall–Kier alpha value is -2.93. The van der Waals surface area contributed by atoms with Crippen molar-refractivity contribution in [2.45, 2.75) is 18.6 Å². The summed E-state index contributed by atoms with van der Waals surface area (Å²) in [6.45, 7) is 0. The van der Waals surface area contributed by atoms with Gasteiger partial charge in [-0.05, 0) is 17.2 Å². The first-order chi connectivity index (χ1) is 11.0. The van der Waals surface area contributed by atoms with Gasteiger partial charge < -0.3 is 15.7 Å². The fraction of sp³-hybridized carbons (Fsp3) is 0.188. The van der Waals surface area contributed by atoms with Crippen LogP contribution in [-0.4, -0.2) is 22.2 Å². The number of fused-ring (bicyclic) bond motifs is 1. The highest BCUT2D eigenvalue weighted by Crippen LogP contribution is 2.31. The van der Waals surface area contributed by atoms with Crippen LogP contribution in [0.4, 0.5) is 16.2 Å². The maximum absolute atomic E-state index is 12.1. The molecule has 3 rings (SSSR count). The minimum Gasteiger partial charge on any atom is -0.390 e. The first-order valence-corrected chi connectivity index (χ1v) is 7.12. The highest BCUT2D eigenvalue weighted by molar-refractivity contribution is 5.90. The average Bonchev–Trinajstić information content (AvgIpc) is 2.83. The molecule has 0 bridgehead atoms. The summed E-state index contributed by atoms with van der Waals surface area (Å²) in [5, 5.41) is 26.1. The van der Waals surface area contributed by atoms with Crippen LogP contribution in [0.25, 0.3) is 0 Å². The van der Waals surface area contributed by atoms with E-state index in [2.05, 4.69) is 10.6 Å². The molecule has 1 aliphatic rings. The number of amides is 2. The third kappa shape index (κ3) is 3.14. The lowest BCUT2D eigenvalue weighted by molar-refractivity contribution is -0.384. The first kappa shape index (κ1) is 15.0. The number of nitro benzene ring substituents is 1. The van der Waals surface area contributed by atoms with Crippen molar-refractivity contribution in [3.05, 3.63) is 69.8 Å². The molecule has 0 heterocycles. The zero-order valence-corrected chi connectivity index (χ0v) is 12.1. The van der Waals surface area contributed by atoms with Crippen LogP contribution in [0.5, 0.6) is 0 Å². The Bertz CT molecular complexity index is 762. The second-order valence-corrected chi connectivity index (χ2v) is 5.35. The minimum atomic E-state index is -0.691. The topological polar surface area (TPSA) is 104 Å². The number of benzene rings is 2. The monoisotopic (exact) mass is 313 g/mol. The number of nitrogens with one attached hydrogen (secondary N) is 2. The Morgan fingerprint density at radius 3 is 2.78 bits per heavy atom. The summed E-state index contributed by atoms with van der Waals surface area (Å²) in [6, 6.07) is 12.2. The fourth-order valence-electron chi connectivity index (χ4n) is 2.75. The number of nitrogens with zero attached hydrogens (tertiary/aromatic N) is 1. The maximum atomic E-state index is 12.1. The Morgan fingerprint density at radius 2 is 2.00 bits per heavy atom. The smallest absolute Gasteiger partial charge is 0.319 e. The molecule has 2 aromatic carbocycles. The van der Waals surface area contributed by atoms with E-state index in [-0.39, 0.29) is 5.69 Å². The van der Waals surface area contributed by atoms with Crippen LogP contribution in [0.3, 0.4) is 0 Å². The van der Waals surface area contributed by atoms with E-state index < -0.39 is 23.1 Å². The van der Waals surface area contributed by atoms with Crippen molar-refractivity contribution in [2.24, 2.45) is 0 Å². The lowest BCUT2D eigenvalue weighted by Gasteiger charge is -2.18. The second-order valence-electron chi connectivity index (χ2n) is 5.35. The number of hydrogen-bond donors (Lipinski definition) is 3. The van der Waals surface area contributed by atoms with Crippen LogP contribution in [0, 0.1) is 10.1 Å². The van der Waals surface area contributed by atoms with Gasteiger partial charge in [-0.2, -0.15) is 0 Å². The number of carbonyl (C=O) groups is 1. The number of non-ortho nitro benzene ring substituents is 1. The highest BCUT2D eigenvalue weighted by atomic mass is 16.6. The molecule has 0 spiro atoms. The quantitative estimate of drug-likeness (QED) is 0.597. The van der Waals surface area contributed by atoms with Crippen molar-refractivity contribution in [2.75, 3.05) is 5.32 Å². The molecular weight excluding hydrogens is 298 g/mol. The van der Waals surface area contributed by atoms with Gasteiger partial charge in [0.15, 0.2) is 0 Å². The van der Waals surface area contributed by atoms with Gasteiger partial charge in [-0.25, -0.2) is 4.79 Å². The van der Waals surface area contributed by atoms with Crippen LogP contribution in [0.1, 0.15) is 17.2 Å². The van der Waals surface area contributed by atoms with E-state index in [1.807, 2.05) is 24.3 Å². The van der Waals surface area contributed by atoms with E-state index in [0.29, 0.717) is 12.1 Å². The molecule has 2 unspecified atom stereocenters. The Balaban J connectivity index is 1.71. The van der Waals surface area contributed by atoms with E-state index >= 15 is 0 Å². The maximum Gasteiger partial charge on any atom is 0.319 e. The number of anilines is 1. The van der Waals surface area contributed by atoms with Gasteiger partial charge in [0, 0.05) is 24.2 Å². The molecule has 2 atom stereocenters. The standard InChI is InChI=1S/C16H15N3O4/c20-14-8-10-4-1-2-7-13(10)15(14)18-16(21)17-11-5-3-6-12(9-11)19(22)23/h1-7,9,14-15,20H,8H2,(H2,17,18,21). The van der Waals surface area contributed by atoms with Crippen molar-refractivity contribution < 1.29 is 14.8 Å². The molecule has 0 radical (unpaired) electrons. The van der Waals surface area contributed by atoms with Crippen molar-refractivity contribution in [3.8, 4) is 0 Å². The predicted molar refractivity (Wildman–Crippen MR) is 84.1 cm³/mol. The second kappa shape index (κ2) is 6.05. The summed E-state index contributed by atoms with van der Waals surface area (Å²) in [6.07, 6.45) is -0.207. The summed E-state index contributed by atoms with van der Waals surface area (Å²) >= 11 is 0. The Morgan fingerprint density at radius 1 is 1.22 bits per heavy atom. The predicted octanol–water partition coefficient (Wildman–Crippen LogP) is 2.37.